The van der Waals surface area contributed by atoms with Crippen LogP contribution in [0.15, 0.2) is 18.2 Å². The van der Waals surface area contributed by atoms with Crippen LogP contribution in [0.2, 0.25) is 10.0 Å². The summed E-state index contributed by atoms with van der Waals surface area (Å²) in [6.45, 7) is 0.824. The third kappa shape index (κ3) is 3.41. The number of amides is 4. The third-order valence-corrected chi connectivity index (χ3v) is 5.35. The van der Waals surface area contributed by atoms with Gasteiger partial charge in [-0.15, -0.1) is 0 Å². The van der Waals surface area contributed by atoms with Crippen molar-refractivity contribution >= 4 is 57.8 Å². The van der Waals surface area contributed by atoms with Crippen LogP contribution in [0, 0.1) is 0 Å². The lowest BCUT2D eigenvalue weighted by Gasteiger charge is -2.22. The monoisotopic (exact) mass is 373 g/mol. The summed E-state index contributed by atoms with van der Waals surface area (Å²) in [7, 11) is 0. The number of benzene rings is 1. The van der Waals surface area contributed by atoms with Crippen molar-refractivity contribution in [1.82, 2.24) is 9.80 Å². The number of anilines is 1. The Morgan fingerprint density at radius 2 is 2.04 bits per heavy atom. The van der Waals surface area contributed by atoms with Crippen LogP contribution in [0.5, 0.6) is 0 Å². The minimum absolute atomic E-state index is 0.184. The summed E-state index contributed by atoms with van der Waals surface area (Å²) in [4.78, 5) is 38.6. The van der Waals surface area contributed by atoms with E-state index in [0.717, 1.165) is 11.8 Å². The number of hydrogen-bond donors (Lipinski definition) is 1. The Kier molecular flexibility index (Phi) is 4.70. The smallest absolute Gasteiger partial charge is 0.321 e. The van der Waals surface area contributed by atoms with Crippen LogP contribution in [0.4, 0.5) is 15.3 Å². The molecule has 0 bridgehead atoms. The molecule has 9 heteroatoms. The lowest BCUT2D eigenvalue weighted by atomic mass is 10.2. The number of hydrogen-bond acceptors (Lipinski definition) is 4. The van der Waals surface area contributed by atoms with Gasteiger partial charge in [0.2, 0.25) is 5.91 Å². The SMILES string of the molecule is O=C(Nc1ccc(Cl)c(Cl)c1)N1CCC(N2C(=O)CSC2=O)C1. The van der Waals surface area contributed by atoms with Gasteiger partial charge in [0.25, 0.3) is 5.24 Å². The number of urea groups is 1. The van der Waals surface area contributed by atoms with Crippen molar-refractivity contribution in [3.05, 3.63) is 28.2 Å². The van der Waals surface area contributed by atoms with Gasteiger partial charge in [-0.1, -0.05) is 35.0 Å². The number of rotatable bonds is 2. The van der Waals surface area contributed by atoms with Crippen LogP contribution in [0.1, 0.15) is 6.42 Å². The van der Waals surface area contributed by atoms with E-state index >= 15 is 0 Å². The topological polar surface area (TPSA) is 69.7 Å². The molecule has 6 nitrogen and oxygen atoms in total. The van der Waals surface area contributed by atoms with E-state index in [1.165, 1.54) is 4.90 Å². The summed E-state index contributed by atoms with van der Waals surface area (Å²) in [6.07, 6.45) is 0.590. The maximum Gasteiger partial charge on any atom is 0.321 e. The highest BCUT2D eigenvalue weighted by atomic mass is 35.5. The number of nitrogens with one attached hydrogen (secondary N) is 1. The van der Waals surface area contributed by atoms with Gasteiger partial charge in [-0.05, 0) is 24.6 Å². The van der Waals surface area contributed by atoms with E-state index < -0.39 is 0 Å². The first-order chi connectivity index (χ1) is 11.0. The standard InChI is InChI=1S/C14H13Cl2N3O3S/c15-10-2-1-8(5-11(10)16)17-13(21)18-4-3-9(6-18)19-12(20)7-23-14(19)22/h1-2,5,9H,3-4,6-7H2,(H,17,21). The molecule has 0 spiro atoms. The van der Waals surface area contributed by atoms with Crippen molar-refractivity contribution in [2.24, 2.45) is 0 Å². The summed E-state index contributed by atoms with van der Waals surface area (Å²) < 4.78 is 0. The van der Waals surface area contributed by atoms with Gasteiger partial charge in [-0.3, -0.25) is 14.5 Å². The second kappa shape index (κ2) is 6.59. The Morgan fingerprint density at radius 3 is 2.70 bits per heavy atom. The number of nitrogens with zero attached hydrogens (tertiary/aromatic N) is 2. The molecule has 1 aromatic carbocycles. The second-order valence-electron chi connectivity index (χ2n) is 5.27. The molecule has 122 valence electrons. The molecule has 1 unspecified atom stereocenters. The zero-order valence-corrected chi connectivity index (χ0v) is 14.2. The first kappa shape index (κ1) is 16.4. The molecular formula is C14H13Cl2N3O3S. The molecule has 4 amide bonds. The summed E-state index contributed by atoms with van der Waals surface area (Å²) in [5.74, 6) is 0.00175. The van der Waals surface area contributed by atoms with Gasteiger partial charge in [0.15, 0.2) is 0 Å². The van der Waals surface area contributed by atoms with Gasteiger partial charge < -0.3 is 10.2 Å². The van der Waals surface area contributed by atoms with E-state index in [0.29, 0.717) is 35.2 Å². The molecule has 0 radical (unpaired) electrons. The predicted molar refractivity (Wildman–Crippen MR) is 90.2 cm³/mol. The number of imide groups is 1. The van der Waals surface area contributed by atoms with Crippen LogP contribution in [-0.4, -0.2) is 51.9 Å². The second-order valence-corrected chi connectivity index (χ2v) is 7.01. The molecule has 3 rings (SSSR count). The number of likely N-dealkylation sites (tertiary alicyclic amines) is 1. The molecule has 0 saturated carbocycles. The molecule has 23 heavy (non-hydrogen) atoms. The van der Waals surface area contributed by atoms with Gasteiger partial charge in [0.05, 0.1) is 21.8 Å². The maximum atomic E-state index is 12.3. The molecule has 2 aliphatic heterocycles. The van der Waals surface area contributed by atoms with E-state index in [1.54, 1.807) is 23.1 Å². The van der Waals surface area contributed by atoms with E-state index in [2.05, 4.69) is 5.32 Å². The largest absolute Gasteiger partial charge is 0.322 e. The molecule has 1 atom stereocenters. The molecular weight excluding hydrogens is 361 g/mol. The molecule has 0 aromatic heterocycles. The Bertz CT molecular complexity index is 669. The zero-order valence-electron chi connectivity index (χ0n) is 11.9. The van der Waals surface area contributed by atoms with E-state index in [1.807, 2.05) is 0 Å². The zero-order chi connectivity index (χ0) is 16.6. The molecule has 2 fully saturated rings. The summed E-state index contributed by atoms with van der Waals surface area (Å²) >= 11 is 12.8. The number of halogens is 2. The first-order valence-corrected chi connectivity index (χ1v) is 8.69. The molecule has 2 heterocycles. The maximum absolute atomic E-state index is 12.3. The Labute approximate surface area is 147 Å². The van der Waals surface area contributed by atoms with Crippen molar-refractivity contribution in [1.29, 1.82) is 0 Å². The fraction of sp³-hybridized carbons (Fsp3) is 0.357. The van der Waals surface area contributed by atoms with Gasteiger partial charge in [-0.2, -0.15) is 0 Å². The number of carbonyl (C=O) groups is 3. The Hall–Kier alpha value is -1.44. The van der Waals surface area contributed by atoms with Crippen molar-refractivity contribution in [3.63, 3.8) is 0 Å². The Morgan fingerprint density at radius 1 is 1.26 bits per heavy atom. The average Bonchev–Trinajstić information content (AvgIpc) is 3.10. The minimum atomic E-state index is -0.294. The van der Waals surface area contributed by atoms with Gasteiger partial charge in [0.1, 0.15) is 0 Å². The van der Waals surface area contributed by atoms with Crippen LogP contribution < -0.4 is 5.32 Å². The van der Waals surface area contributed by atoms with E-state index in [9.17, 15) is 14.4 Å². The van der Waals surface area contributed by atoms with Crippen LogP contribution in [0.3, 0.4) is 0 Å². The first-order valence-electron chi connectivity index (χ1n) is 6.95. The van der Waals surface area contributed by atoms with Gasteiger partial charge in [0, 0.05) is 18.8 Å². The van der Waals surface area contributed by atoms with E-state index in [4.69, 9.17) is 23.2 Å². The molecule has 1 N–H and O–H groups in total. The van der Waals surface area contributed by atoms with Crippen molar-refractivity contribution in [2.45, 2.75) is 12.5 Å². The van der Waals surface area contributed by atoms with Crippen molar-refractivity contribution in [2.75, 3.05) is 24.2 Å². The average molecular weight is 374 g/mol. The minimum Gasteiger partial charge on any atom is -0.322 e. The number of thioether (sulfide) groups is 1. The Balaban J connectivity index is 1.62. The molecule has 2 aliphatic rings. The van der Waals surface area contributed by atoms with Crippen LogP contribution >= 0.6 is 35.0 Å². The van der Waals surface area contributed by atoms with Crippen LogP contribution in [-0.2, 0) is 4.79 Å². The lowest BCUT2D eigenvalue weighted by Crippen LogP contribution is -2.42. The predicted octanol–water partition coefficient (Wildman–Crippen LogP) is 3.30. The fourth-order valence-electron chi connectivity index (χ4n) is 2.63. The van der Waals surface area contributed by atoms with Crippen molar-refractivity contribution < 1.29 is 14.4 Å². The highest BCUT2D eigenvalue weighted by molar-refractivity contribution is 8.14. The third-order valence-electron chi connectivity index (χ3n) is 3.77. The quantitative estimate of drug-likeness (QED) is 0.863. The van der Waals surface area contributed by atoms with Gasteiger partial charge in [-0.25, -0.2) is 4.79 Å². The summed E-state index contributed by atoms with van der Waals surface area (Å²) in [5.41, 5.74) is 0.539. The highest BCUT2D eigenvalue weighted by Gasteiger charge is 2.40. The van der Waals surface area contributed by atoms with Crippen molar-refractivity contribution in [3.8, 4) is 0 Å². The summed E-state index contributed by atoms with van der Waals surface area (Å²) in [5, 5.41) is 3.27. The lowest BCUT2D eigenvalue weighted by molar-refractivity contribution is -0.126. The van der Waals surface area contributed by atoms with Crippen LogP contribution in [0.25, 0.3) is 0 Å². The van der Waals surface area contributed by atoms with E-state index in [-0.39, 0.29) is 29.0 Å². The fourth-order valence-corrected chi connectivity index (χ4v) is 3.70. The molecule has 0 aliphatic carbocycles. The number of carbonyl (C=O) groups excluding carboxylic acids is 3. The highest BCUT2D eigenvalue weighted by Crippen LogP contribution is 2.28. The normalized spacial score (nSPS) is 21.2. The van der Waals surface area contributed by atoms with Gasteiger partial charge >= 0.3 is 6.03 Å². The summed E-state index contributed by atoms with van der Waals surface area (Å²) in [6, 6.07) is 4.29. The molecule has 2 saturated heterocycles. The molecule has 1 aromatic rings.